The summed E-state index contributed by atoms with van der Waals surface area (Å²) in [6, 6.07) is 0.415. The third-order valence-electron chi connectivity index (χ3n) is 2.34. The SMILES string of the molecule is CS(=O)(=O)CCCNCCC(=O)NC1CC1. The number of amides is 1. The van der Waals surface area contributed by atoms with Gasteiger partial charge in [0, 0.05) is 25.3 Å². The van der Waals surface area contributed by atoms with Crippen molar-refractivity contribution in [2.24, 2.45) is 0 Å². The molecule has 0 atom stereocenters. The van der Waals surface area contributed by atoms with Crippen LogP contribution in [-0.4, -0.2) is 45.5 Å². The third kappa shape index (κ3) is 7.64. The predicted molar refractivity (Wildman–Crippen MR) is 63.0 cm³/mol. The Labute approximate surface area is 96.9 Å². The molecule has 0 unspecified atom stereocenters. The monoisotopic (exact) mass is 248 g/mol. The van der Waals surface area contributed by atoms with E-state index in [4.69, 9.17) is 0 Å². The van der Waals surface area contributed by atoms with Crippen molar-refractivity contribution in [1.29, 1.82) is 0 Å². The maximum atomic E-state index is 11.2. The topological polar surface area (TPSA) is 75.3 Å². The molecule has 0 aromatic heterocycles. The molecule has 6 heteroatoms. The van der Waals surface area contributed by atoms with Crippen LogP contribution in [0.25, 0.3) is 0 Å². The molecule has 0 bridgehead atoms. The first kappa shape index (κ1) is 13.4. The largest absolute Gasteiger partial charge is 0.353 e. The van der Waals surface area contributed by atoms with Crippen molar-refractivity contribution in [3.8, 4) is 0 Å². The molecule has 0 heterocycles. The minimum Gasteiger partial charge on any atom is -0.353 e. The molecule has 0 aromatic rings. The molecule has 0 spiro atoms. The van der Waals surface area contributed by atoms with Crippen LogP contribution >= 0.6 is 0 Å². The smallest absolute Gasteiger partial charge is 0.221 e. The van der Waals surface area contributed by atoms with E-state index < -0.39 is 9.84 Å². The Bertz CT molecular complexity index is 323. The quantitative estimate of drug-likeness (QED) is 0.577. The van der Waals surface area contributed by atoms with Crippen molar-refractivity contribution in [2.75, 3.05) is 25.1 Å². The van der Waals surface area contributed by atoms with E-state index in [2.05, 4.69) is 10.6 Å². The fourth-order valence-corrected chi connectivity index (χ4v) is 1.98. The molecule has 1 fully saturated rings. The van der Waals surface area contributed by atoms with E-state index >= 15 is 0 Å². The highest BCUT2D eigenvalue weighted by Crippen LogP contribution is 2.18. The van der Waals surface area contributed by atoms with Gasteiger partial charge in [0.05, 0.1) is 5.75 Å². The second kappa shape index (κ2) is 6.20. The Morgan fingerprint density at radius 3 is 2.56 bits per heavy atom. The van der Waals surface area contributed by atoms with Crippen LogP contribution in [0.3, 0.4) is 0 Å². The number of sulfone groups is 1. The first-order valence-corrected chi connectivity index (χ1v) is 7.71. The molecule has 5 nitrogen and oxygen atoms in total. The Balaban J connectivity index is 1.89. The highest BCUT2D eigenvalue weighted by Gasteiger charge is 2.22. The van der Waals surface area contributed by atoms with Crippen molar-refractivity contribution >= 4 is 15.7 Å². The zero-order valence-electron chi connectivity index (χ0n) is 9.66. The molecule has 0 aromatic carbocycles. The lowest BCUT2D eigenvalue weighted by atomic mass is 10.3. The van der Waals surface area contributed by atoms with E-state index in [0.29, 0.717) is 32.0 Å². The molecule has 94 valence electrons. The third-order valence-corrected chi connectivity index (χ3v) is 3.37. The lowest BCUT2D eigenvalue weighted by Gasteiger charge is -2.05. The van der Waals surface area contributed by atoms with E-state index in [0.717, 1.165) is 12.8 Å². The molecule has 1 amide bonds. The van der Waals surface area contributed by atoms with Gasteiger partial charge in [-0.1, -0.05) is 0 Å². The van der Waals surface area contributed by atoms with Crippen LogP contribution in [0.15, 0.2) is 0 Å². The minimum atomic E-state index is -2.85. The number of nitrogens with one attached hydrogen (secondary N) is 2. The molecule has 1 aliphatic rings. The van der Waals surface area contributed by atoms with Crippen molar-refractivity contribution < 1.29 is 13.2 Å². The van der Waals surface area contributed by atoms with E-state index in [9.17, 15) is 13.2 Å². The molecular weight excluding hydrogens is 228 g/mol. The van der Waals surface area contributed by atoms with Gasteiger partial charge in [0.15, 0.2) is 0 Å². The van der Waals surface area contributed by atoms with Gasteiger partial charge in [-0.15, -0.1) is 0 Å². The zero-order chi connectivity index (χ0) is 12.0. The minimum absolute atomic E-state index is 0.0816. The first-order valence-electron chi connectivity index (χ1n) is 5.65. The molecule has 1 saturated carbocycles. The van der Waals surface area contributed by atoms with Gasteiger partial charge in [-0.3, -0.25) is 4.79 Å². The van der Waals surface area contributed by atoms with Crippen LogP contribution < -0.4 is 10.6 Å². The number of hydrogen-bond donors (Lipinski definition) is 2. The van der Waals surface area contributed by atoms with Gasteiger partial charge < -0.3 is 10.6 Å². The molecule has 0 radical (unpaired) electrons. The Kier molecular flexibility index (Phi) is 5.21. The molecule has 2 N–H and O–H groups in total. The zero-order valence-corrected chi connectivity index (χ0v) is 10.5. The van der Waals surface area contributed by atoms with E-state index in [1.54, 1.807) is 0 Å². The van der Waals surface area contributed by atoms with Gasteiger partial charge in [0.1, 0.15) is 9.84 Å². The maximum Gasteiger partial charge on any atom is 0.221 e. The summed E-state index contributed by atoms with van der Waals surface area (Å²) in [5, 5.41) is 5.95. The van der Waals surface area contributed by atoms with Crippen molar-refractivity contribution in [3.63, 3.8) is 0 Å². The number of carbonyl (C=O) groups is 1. The summed E-state index contributed by atoms with van der Waals surface area (Å²) in [5.41, 5.74) is 0. The number of carbonyl (C=O) groups excluding carboxylic acids is 1. The highest BCUT2D eigenvalue weighted by atomic mass is 32.2. The van der Waals surface area contributed by atoms with Gasteiger partial charge >= 0.3 is 0 Å². The average Bonchev–Trinajstić information content (AvgIpc) is 2.93. The van der Waals surface area contributed by atoms with E-state index in [1.807, 2.05) is 0 Å². The predicted octanol–water partition coefficient (Wildman–Crippen LogP) is -0.321. The standard InChI is InChI=1S/C10H20N2O3S/c1-16(14,15)8-2-6-11-7-5-10(13)12-9-3-4-9/h9,11H,2-8H2,1H3,(H,12,13). The van der Waals surface area contributed by atoms with Gasteiger partial charge in [-0.2, -0.15) is 0 Å². The summed E-state index contributed by atoms with van der Waals surface area (Å²) in [7, 11) is -2.85. The van der Waals surface area contributed by atoms with Gasteiger partial charge in [0.2, 0.25) is 5.91 Å². The van der Waals surface area contributed by atoms with Crippen molar-refractivity contribution in [3.05, 3.63) is 0 Å². The molecule has 1 aliphatic carbocycles. The molecule has 0 aliphatic heterocycles. The van der Waals surface area contributed by atoms with Gasteiger partial charge in [0.25, 0.3) is 0 Å². The van der Waals surface area contributed by atoms with Crippen LogP contribution in [0.1, 0.15) is 25.7 Å². The Hall–Kier alpha value is -0.620. The van der Waals surface area contributed by atoms with E-state index in [-0.39, 0.29) is 11.7 Å². The number of hydrogen-bond acceptors (Lipinski definition) is 4. The molecular formula is C10H20N2O3S. The maximum absolute atomic E-state index is 11.2. The van der Waals surface area contributed by atoms with Crippen LogP contribution in [-0.2, 0) is 14.6 Å². The van der Waals surface area contributed by atoms with Gasteiger partial charge in [-0.25, -0.2) is 8.42 Å². The summed E-state index contributed by atoms with van der Waals surface area (Å²) in [4.78, 5) is 11.2. The fourth-order valence-electron chi connectivity index (χ4n) is 1.31. The lowest BCUT2D eigenvalue weighted by Crippen LogP contribution is -2.29. The summed E-state index contributed by atoms with van der Waals surface area (Å²) >= 11 is 0. The fraction of sp³-hybridized carbons (Fsp3) is 0.900. The summed E-state index contributed by atoms with van der Waals surface area (Å²) in [6.07, 6.45) is 4.51. The lowest BCUT2D eigenvalue weighted by molar-refractivity contribution is -0.121. The van der Waals surface area contributed by atoms with Crippen LogP contribution in [0, 0.1) is 0 Å². The van der Waals surface area contributed by atoms with E-state index in [1.165, 1.54) is 6.26 Å². The Morgan fingerprint density at radius 1 is 1.31 bits per heavy atom. The normalized spacial score (nSPS) is 16.1. The molecule has 16 heavy (non-hydrogen) atoms. The van der Waals surface area contributed by atoms with Crippen molar-refractivity contribution in [2.45, 2.75) is 31.7 Å². The van der Waals surface area contributed by atoms with Gasteiger partial charge in [-0.05, 0) is 25.8 Å². The summed E-state index contributed by atoms with van der Waals surface area (Å²) < 4.78 is 21.6. The first-order chi connectivity index (χ1) is 7.47. The van der Waals surface area contributed by atoms with Crippen LogP contribution in [0.4, 0.5) is 0 Å². The second-order valence-electron chi connectivity index (χ2n) is 4.33. The van der Waals surface area contributed by atoms with Crippen LogP contribution in [0.2, 0.25) is 0 Å². The average molecular weight is 248 g/mol. The summed E-state index contributed by atoms with van der Waals surface area (Å²) in [5.74, 6) is 0.284. The highest BCUT2D eigenvalue weighted by molar-refractivity contribution is 7.90. The summed E-state index contributed by atoms with van der Waals surface area (Å²) in [6.45, 7) is 1.26. The molecule has 0 saturated heterocycles. The second-order valence-corrected chi connectivity index (χ2v) is 6.58. The van der Waals surface area contributed by atoms with Crippen molar-refractivity contribution in [1.82, 2.24) is 10.6 Å². The van der Waals surface area contributed by atoms with Crippen LogP contribution in [0.5, 0.6) is 0 Å². The molecule has 1 rings (SSSR count). The number of rotatable bonds is 8. The Morgan fingerprint density at radius 2 is 2.00 bits per heavy atom.